The first-order valence-corrected chi connectivity index (χ1v) is 7.46. The second-order valence-electron chi connectivity index (χ2n) is 3.90. The minimum absolute atomic E-state index is 0.657. The molecule has 0 N–H and O–H groups in total. The molecule has 0 fully saturated rings. The van der Waals surface area contributed by atoms with E-state index in [1.165, 1.54) is 0 Å². The van der Waals surface area contributed by atoms with Crippen molar-refractivity contribution in [3.8, 4) is 11.4 Å². The lowest BCUT2D eigenvalue weighted by atomic mass is 10.2. The zero-order valence-corrected chi connectivity index (χ0v) is 13.0. The first-order valence-electron chi connectivity index (χ1n) is 5.68. The van der Waals surface area contributed by atoms with Crippen molar-refractivity contribution < 1.29 is 4.42 Å². The van der Waals surface area contributed by atoms with Gasteiger partial charge in [-0.15, -0.1) is 16.8 Å². The van der Waals surface area contributed by atoms with Crippen molar-refractivity contribution in [2.24, 2.45) is 0 Å². The Morgan fingerprint density at radius 1 is 1.58 bits per heavy atom. The predicted molar refractivity (Wildman–Crippen MR) is 81.4 cm³/mol. The number of aromatic nitrogens is 3. The van der Waals surface area contributed by atoms with Crippen LogP contribution in [0, 0.1) is 6.92 Å². The third-order valence-electron chi connectivity index (χ3n) is 2.49. The van der Waals surface area contributed by atoms with Gasteiger partial charge < -0.3 is 4.42 Å². The van der Waals surface area contributed by atoms with E-state index < -0.39 is 0 Å². The van der Waals surface area contributed by atoms with E-state index in [4.69, 9.17) is 4.42 Å². The van der Waals surface area contributed by atoms with Gasteiger partial charge in [-0.25, -0.2) is 0 Å². The van der Waals surface area contributed by atoms with Crippen LogP contribution in [0.1, 0.15) is 5.76 Å². The van der Waals surface area contributed by atoms with E-state index in [-0.39, 0.29) is 0 Å². The maximum Gasteiger partial charge on any atom is 0.192 e. The maximum absolute atomic E-state index is 5.32. The Labute approximate surface area is 124 Å². The predicted octanol–water partition coefficient (Wildman–Crippen LogP) is 4.03. The molecule has 0 spiro atoms. The highest BCUT2D eigenvalue weighted by Crippen LogP contribution is 2.28. The van der Waals surface area contributed by atoms with Gasteiger partial charge in [-0.05, 0) is 17.5 Å². The second kappa shape index (κ2) is 6.25. The highest BCUT2D eigenvalue weighted by atomic mass is 79.9. The minimum Gasteiger partial charge on any atom is -0.469 e. The first kappa shape index (κ1) is 14.1. The number of hydrogen-bond acceptors (Lipinski definition) is 4. The van der Waals surface area contributed by atoms with Crippen LogP contribution in [-0.4, -0.2) is 20.5 Å². The van der Waals surface area contributed by atoms with Crippen LogP contribution in [0.5, 0.6) is 0 Å². The molecule has 0 radical (unpaired) electrons. The van der Waals surface area contributed by atoms with Gasteiger partial charge in [0.2, 0.25) is 0 Å². The van der Waals surface area contributed by atoms with Gasteiger partial charge in [0.05, 0.1) is 11.8 Å². The molecule has 6 heteroatoms. The average Bonchev–Trinajstić information content (AvgIpc) is 2.94. The standard InChI is InChI=1S/C13H14BrN3OS/c1-4-6-17-12(11-5-7-18-10(11)3)15-16-13(17)19-8-9(2)14/h4-5,7H,1-2,6,8H2,3H3. The molecule has 0 atom stereocenters. The molecule has 2 rings (SSSR count). The number of thioether (sulfide) groups is 1. The van der Waals surface area contributed by atoms with E-state index in [1.807, 2.05) is 23.6 Å². The number of rotatable bonds is 6. The Balaban J connectivity index is 2.36. The zero-order valence-electron chi connectivity index (χ0n) is 10.6. The minimum atomic E-state index is 0.657. The fourth-order valence-corrected chi connectivity index (χ4v) is 2.69. The first-order chi connectivity index (χ1) is 9.13. The fourth-order valence-electron chi connectivity index (χ4n) is 1.65. The van der Waals surface area contributed by atoms with Gasteiger partial charge in [-0.3, -0.25) is 4.57 Å². The largest absolute Gasteiger partial charge is 0.469 e. The third-order valence-corrected chi connectivity index (χ3v) is 4.19. The average molecular weight is 340 g/mol. The molecule has 0 aliphatic rings. The van der Waals surface area contributed by atoms with Gasteiger partial charge >= 0.3 is 0 Å². The number of allylic oxidation sites excluding steroid dienone is 1. The van der Waals surface area contributed by atoms with Crippen LogP contribution in [0.3, 0.4) is 0 Å². The van der Waals surface area contributed by atoms with Crippen LogP contribution in [0.15, 0.2) is 45.6 Å². The lowest BCUT2D eigenvalue weighted by molar-refractivity contribution is 0.534. The Morgan fingerprint density at radius 3 is 2.95 bits per heavy atom. The fraction of sp³-hybridized carbons (Fsp3) is 0.231. The summed E-state index contributed by atoms with van der Waals surface area (Å²) in [4.78, 5) is 0. The topological polar surface area (TPSA) is 43.9 Å². The SMILES string of the molecule is C=CCn1c(SCC(=C)Br)nnc1-c1ccoc1C. The number of halogens is 1. The van der Waals surface area contributed by atoms with Crippen molar-refractivity contribution in [1.82, 2.24) is 14.8 Å². The summed E-state index contributed by atoms with van der Waals surface area (Å²) in [7, 11) is 0. The van der Waals surface area contributed by atoms with Gasteiger partial charge in [0.15, 0.2) is 11.0 Å². The molecular formula is C13H14BrN3OS. The molecule has 0 aliphatic heterocycles. The quantitative estimate of drug-likeness (QED) is 0.588. The summed E-state index contributed by atoms with van der Waals surface area (Å²) in [6.07, 6.45) is 3.49. The molecule has 2 aromatic rings. The summed E-state index contributed by atoms with van der Waals surface area (Å²) < 4.78 is 8.27. The van der Waals surface area contributed by atoms with Gasteiger partial charge in [0.25, 0.3) is 0 Å². The van der Waals surface area contributed by atoms with E-state index in [1.54, 1.807) is 18.0 Å². The molecule has 0 bridgehead atoms. The number of aryl methyl sites for hydroxylation is 1. The second-order valence-corrected chi connectivity index (χ2v) is 5.97. The molecule has 2 heterocycles. The summed E-state index contributed by atoms with van der Waals surface area (Å²) in [5.41, 5.74) is 0.957. The number of nitrogens with zero attached hydrogens (tertiary/aromatic N) is 3. The van der Waals surface area contributed by atoms with Crippen molar-refractivity contribution in [3.63, 3.8) is 0 Å². The van der Waals surface area contributed by atoms with E-state index in [0.29, 0.717) is 6.54 Å². The summed E-state index contributed by atoms with van der Waals surface area (Å²) in [6, 6.07) is 1.90. The smallest absolute Gasteiger partial charge is 0.192 e. The van der Waals surface area contributed by atoms with Crippen LogP contribution in [0.4, 0.5) is 0 Å². The molecule has 0 amide bonds. The summed E-state index contributed by atoms with van der Waals surface area (Å²) in [5, 5.41) is 9.33. The summed E-state index contributed by atoms with van der Waals surface area (Å²) >= 11 is 4.93. The Morgan fingerprint density at radius 2 is 2.37 bits per heavy atom. The normalized spacial score (nSPS) is 10.6. The van der Waals surface area contributed by atoms with Crippen molar-refractivity contribution in [2.75, 3.05) is 5.75 Å². The Bertz CT molecular complexity index is 603. The van der Waals surface area contributed by atoms with Crippen LogP contribution in [0.2, 0.25) is 0 Å². The molecule has 19 heavy (non-hydrogen) atoms. The monoisotopic (exact) mass is 339 g/mol. The van der Waals surface area contributed by atoms with Crippen molar-refractivity contribution in [1.29, 1.82) is 0 Å². The molecule has 0 aromatic carbocycles. The van der Waals surface area contributed by atoms with Crippen LogP contribution in [-0.2, 0) is 6.54 Å². The van der Waals surface area contributed by atoms with E-state index in [0.717, 1.165) is 32.5 Å². The number of hydrogen-bond donors (Lipinski definition) is 0. The van der Waals surface area contributed by atoms with Gasteiger partial charge in [0, 0.05) is 12.3 Å². The lowest BCUT2D eigenvalue weighted by Gasteiger charge is -2.06. The highest BCUT2D eigenvalue weighted by molar-refractivity contribution is 9.11. The van der Waals surface area contributed by atoms with Crippen molar-refractivity contribution in [2.45, 2.75) is 18.6 Å². The van der Waals surface area contributed by atoms with Gasteiger partial charge in [-0.1, -0.05) is 40.3 Å². The molecular weight excluding hydrogens is 326 g/mol. The van der Waals surface area contributed by atoms with Crippen molar-refractivity contribution >= 4 is 27.7 Å². The molecule has 0 saturated heterocycles. The summed E-state index contributed by atoms with van der Waals surface area (Å²) in [6.45, 7) is 10.2. The van der Waals surface area contributed by atoms with Crippen LogP contribution >= 0.6 is 27.7 Å². The van der Waals surface area contributed by atoms with Crippen LogP contribution in [0.25, 0.3) is 11.4 Å². The molecule has 2 aromatic heterocycles. The van der Waals surface area contributed by atoms with Crippen molar-refractivity contribution in [3.05, 3.63) is 41.8 Å². The lowest BCUT2D eigenvalue weighted by Crippen LogP contribution is -2.01. The van der Waals surface area contributed by atoms with E-state index in [2.05, 4.69) is 39.3 Å². The van der Waals surface area contributed by atoms with Crippen LogP contribution < -0.4 is 0 Å². The van der Waals surface area contributed by atoms with E-state index >= 15 is 0 Å². The third kappa shape index (κ3) is 3.19. The Hall–Kier alpha value is -1.27. The molecule has 0 aliphatic carbocycles. The number of furan rings is 1. The van der Waals surface area contributed by atoms with E-state index in [9.17, 15) is 0 Å². The Kier molecular flexibility index (Phi) is 4.66. The molecule has 0 saturated carbocycles. The maximum atomic E-state index is 5.32. The van der Waals surface area contributed by atoms with Gasteiger partial charge in [-0.2, -0.15) is 0 Å². The molecule has 100 valence electrons. The van der Waals surface area contributed by atoms with Gasteiger partial charge in [0.1, 0.15) is 5.76 Å². The zero-order chi connectivity index (χ0) is 13.8. The highest BCUT2D eigenvalue weighted by Gasteiger charge is 2.16. The molecule has 4 nitrogen and oxygen atoms in total. The molecule has 0 unspecified atom stereocenters. The summed E-state index contributed by atoms with van der Waals surface area (Å²) in [5.74, 6) is 2.38.